The topological polar surface area (TPSA) is 44.6 Å². The third kappa shape index (κ3) is 16.4. The number of aliphatic imine (C=N–C) groups is 1. The summed E-state index contributed by atoms with van der Waals surface area (Å²) in [5.74, 6) is 0.870. The molecule has 0 aliphatic heterocycles. The van der Waals surface area contributed by atoms with Gasteiger partial charge < -0.3 is 10.4 Å². The van der Waals surface area contributed by atoms with E-state index in [1.807, 2.05) is 32.1 Å². The zero-order chi connectivity index (χ0) is 28.2. The lowest BCUT2D eigenvalue weighted by Gasteiger charge is -2.23. The fourth-order valence-electron chi connectivity index (χ4n) is 3.56. The van der Waals surface area contributed by atoms with E-state index in [0.29, 0.717) is 29.6 Å². The van der Waals surface area contributed by atoms with E-state index in [2.05, 4.69) is 52.1 Å². The van der Waals surface area contributed by atoms with Gasteiger partial charge in [0.25, 0.3) is 0 Å². The molecule has 0 fully saturated rings. The molecular formula is C32H52ClFN2O. The second kappa shape index (κ2) is 20.9. The first-order valence-electron chi connectivity index (χ1n) is 14.0. The van der Waals surface area contributed by atoms with Crippen molar-refractivity contribution in [3.8, 4) is 5.75 Å². The average Bonchev–Trinajstić information content (AvgIpc) is 2.86. The van der Waals surface area contributed by atoms with E-state index in [1.54, 1.807) is 19.1 Å². The van der Waals surface area contributed by atoms with E-state index in [4.69, 9.17) is 16.6 Å². The highest BCUT2D eigenvalue weighted by Gasteiger charge is 2.13. The summed E-state index contributed by atoms with van der Waals surface area (Å²) in [6.07, 6.45) is 15.4. The van der Waals surface area contributed by atoms with Crippen molar-refractivity contribution < 1.29 is 9.50 Å². The Bertz CT molecular complexity index is 874. The molecule has 0 aromatic heterocycles. The van der Waals surface area contributed by atoms with Crippen molar-refractivity contribution in [1.29, 1.82) is 0 Å². The van der Waals surface area contributed by atoms with Crippen molar-refractivity contribution in [2.24, 2.45) is 10.9 Å². The fraction of sp³-hybridized carbons (Fsp3) is 0.594. The number of phenolic OH excluding ortho intramolecular Hbond substituents is 1. The Morgan fingerprint density at radius 2 is 1.81 bits per heavy atom. The summed E-state index contributed by atoms with van der Waals surface area (Å²) in [7, 11) is 0. The number of rotatable bonds is 15. The molecule has 0 aliphatic rings. The van der Waals surface area contributed by atoms with Crippen LogP contribution in [-0.2, 0) is 0 Å². The highest BCUT2D eigenvalue weighted by Crippen LogP contribution is 2.25. The van der Waals surface area contributed by atoms with Gasteiger partial charge in [0.15, 0.2) is 0 Å². The Kier molecular flexibility index (Phi) is 19.8. The van der Waals surface area contributed by atoms with Crippen LogP contribution in [0.5, 0.6) is 5.75 Å². The van der Waals surface area contributed by atoms with E-state index in [-0.39, 0.29) is 5.75 Å². The van der Waals surface area contributed by atoms with Crippen LogP contribution in [0.3, 0.4) is 0 Å². The number of alkyl halides is 1. The van der Waals surface area contributed by atoms with Gasteiger partial charge in [-0.25, -0.2) is 4.39 Å². The number of nitrogens with zero attached hydrogens (tertiary/aromatic N) is 1. The molecule has 3 atom stereocenters. The molecule has 1 aromatic rings. The molecule has 3 nitrogen and oxygen atoms in total. The molecular weight excluding hydrogens is 483 g/mol. The lowest BCUT2D eigenvalue weighted by molar-refractivity contribution is 0.352. The Morgan fingerprint density at radius 3 is 2.35 bits per heavy atom. The molecule has 0 amide bonds. The lowest BCUT2D eigenvalue weighted by atomic mass is 9.95. The molecule has 210 valence electrons. The highest BCUT2D eigenvalue weighted by molar-refractivity contribution is 6.31. The summed E-state index contributed by atoms with van der Waals surface area (Å²) in [6.45, 7) is 17.0. The van der Waals surface area contributed by atoms with Crippen LogP contribution < -0.4 is 5.32 Å². The molecule has 0 bridgehead atoms. The standard InChI is InChI=1S/C28H43ClN2O.C4H9F/c1-7-10-12-13-22(5)28(26-16-15-24(29)20-27(26)32)30-18-17-23(6)31-25(14-11-8-2)19-21(4)9-3;1-3-4(2)5/h10,12-13,15-17,20-21,25,31-32H,7-9,11,14,18-19H2,1-6H3;4H,3H2,1-2H3/b12-10-,22-13+,23-17+,30-28?;. The third-order valence-corrected chi connectivity index (χ3v) is 6.47. The van der Waals surface area contributed by atoms with Gasteiger partial charge in [-0.2, -0.15) is 0 Å². The van der Waals surface area contributed by atoms with Crippen LogP contribution in [0.15, 0.2) is 58.8 Å². The fourth-order valence-corrected chi connectivity index (χ4v) is 3.73. The zero-order valence-corrected chi connectivity index (χ0v) is 25.3. The number of halogens is 2. The van der Waals surface area contributed by atoms with E-state index in [1.165, 1.54) is 32.1 Å². The average molecular weight is 535 g/mol. The first kappa shape index (κ1) is 34.9. The zero-order valence-electron chi connectivity index (χ0n) is 24.6. The molecule has 1 aromatic carbocycles. The van der Waals surface area contributed by atoms with Crippen molar-refractivity contribution in [3.63, 3.8) is 0 Å². The number of aromatic hydroxyl groups is 1. The first-order valence-corrected chi connectivity index (χ1v) is 14.4. The molecule has 0 aliphatic carbocycles. The lowest BCUT2D eigenvalue weighted by Crippen LogP contribution is -2.29. The molecule has 0 spiro atoms. The second-order valence-corrected chi connectivity index (χ2v) is 10.3. The van der Waals surface area contributed by atoms with Crippen LogP contribution in [0.1, 0.15) is 106 Å². The van der Waals surface area contributed by atoms with Gasteiger partial charge in [-0.1, -0.05) is 83.7 Å². The maximum Gasteiger partial charge on any atom is 0.126 e. The van der Waals surface area contributed by atoms with Crippen molar-refractivity contribution >= 4 is 17.3 Å². The minimum absolute atomic E-state index is 0.149. The molecule has 2 N–H and O–H groups in total. The van der Waals surface area contributed by atoms with E-state index >= 15 is 0 Å². The summed E-state index contributed by atoms with van der Waals surface area (Å²) in [5, 5.41) is 14.7. The summed E-state index contributed by atoms with van der Waals surface area (Å²) < 4.78 is 11.4. The van der Waals surface area contributed by atoms with Crippen LogP contribution in [-0.4, -0.2) is 29.6 Å². The predicted octanol–water partition coefficient (Wildman–Crippen LogP) is 9.99. The van der Waals surface area contributed by atoms with Gasteiger partial charge in [0.1, 0.15) is 5.75 Å². The van der Waals surface area contributed by atoms with Gasteiger partial charge in [-0.15, -0.1) is 0 Å². The normalized spacial score (nSPS) is 15.2. The quantitative estimate of drug-likeness (QED) is 0.173. The molecule has 0 radical (unpaired) electrons. The van der Waals surface area contributed by atoms with Crippen LogP contribution in [0.25, 0.3) is 0 Å². The number of nitrogens with one attached hydrogen (secondary N) is 1. The number of phenols is 1. The third-order valence-electron chi connectivity index (χ3n) is 6.24. The SMILES string of the molecule is CC/C=C\C=C(/C)C(=NC/C=C(\C)NC(CCCC)CC(C)CC)c1ccc(Cl)cc1O.CCC(C)F. The highest BCUT2D eigenvalue weighted by atomic mass is 35.5. The molecule has 0 heterocycles. The number of unbranched alkanes of at least 4 members (excludes halogenated alkanes) is 1. The monoisotopic (exact) mass is 534 g/mol. The van der Waals surface area contributed by atoms with Crippen LogP contribution >= 0.6 is 11.6 Å². The van der Waals surface area contributed by atoms with Crippen molar-refractivity contribution in [2.75, 3.05) is 6.54 Å². The Balaban J connectivity index is 0.00000235. The minimum Gasteiger partial charge on any atom is -0.507 e. The summed E-state index contributed by atoms with van der Waals surface area (Å²) in [5.41, 5.74) is 3.64. The summed E-state index contributed by atoms with van der Waals surface area (Å²) in [6, 6.07) is 5.69. The van der Waals surface area contributed by atoms with Crippen LogP contribution in [0.4, 0.5) is 4.39 Å². The molecule has 0 saturated heterocycles. The maximum atomic E-state index is 11.4. The van der Waals surface area contributed by atoms with E-state index in [9.17, 15) is 9.50 Å². The first-order chi connectivity index (χ1) is 17.6. The van der Waals surface area contributed by atoms with Gasteiger partial charge in [-0.05, 0) is 82.2 Å². The number of allylic oxidation sites excluding steroid dienone is 5. The second-order valence-electron chi connectivity index (χ2n) is 9.85. The Hall–Kier alpha value is -2.07. The minimum atomic E-state index is -0.616. The predicted molar refractivity (Wildman–Crippen MR) is 163 cm³/mol. The van der Waals surface area contributed by atoms with Crippen molar-refractivity contribution in [1.82, 2.24) is 5.32 Å². The number of benzene rings is 1. The molecule has 0 saturated carbocycles. The van der Waals surface area contributed by atoms with Crippen molar-refractivity contribution in [3.05, 3.63) is 64.4 Å². The van der Waals surface area contributed by atoms with Gasteiger partial charge in [0, 0.05) is 22.3 Å². The van der Waals surface area contributed by atoms with E-state index < -0.39 is 6.17 Å². The number of hydrogen-bond acceptors (Lipinski definition) is 3. The molecule has 3 unspecified atom stereocenters. The smallest absolute Gasteiger partial charge is 0.126 e. The summed E-state index contributed by atoms with van der Waals surface area (Å²) in [4.78, 5) is 4.84. The largest absolute Gasteiger partial charge is 0.507 e. The van der Waals surface area contributed by atoms with Gasteiger partial charge in [0.2, 0.25) is 0 Å². The molecule has 37 heavy (non-hydrogen) atoms. The Morgan fingerprint density at radius 1 is 1.14 bits per heavy atom. The molecule has 1 rings (SSSR count). The van der Waals surface area contributed by atoms with Gasteiger partial charge in [0.05, 0.1) is 18.4 Å². The van der Waals surface area contributed by atoms with Crippen LogP contribution in [0.2, 0.25) is 5.02 Å². The number of hydrogen-bond donors (Lipinski definition) is 2. The van der Waals surface area contributed by atoms with Gasteiger partial charge >= 0.3 is 0 Å². The maximum absolute atomic E-state index is 11.4. The van der Waals surface area contributed by atoms with Gasteiger partial charge in [-0.3, -0.25) is 4.99 Å². The Labute approximate surface area is 232 Å². The summed E-state index contributed by atoms with van der Waals surface area (Å²) >= 11 is 6.04. The molecule has 5 heteroatoms. The van der Waals surface area contributed by atoms with Crippen molar-refractivity contribution in [2.45, 2.75) is 113 Å². The van der Waals surface area contributed by atoms with Crippen LogP contribution in [0, 0.1) is 5.92 Å². The van der Waals surface area contributed by atoms with E-state index in [0.717, 1.165) is 29.3 Å².